The van der Waals surface area contributed by atoms with Crippen LogP contribution in [-0.2, 0) is 9.59 Å². The van der Waals surface area contributed by atoms with Gasteiger partial charge in [-0.05, 0) is 33.1 Å². The minimum Gasteiger partial charge on any atom is -0.481 e. The van der Waals surface area contributed by atoms with Gasteiger partial charge in [-0.2, -0.15) is 0 Å². The number of hydrogen-bond acceptors (Lipinski definition) is 3. The van der Waals surface area contributed by atoms with Crippen LogP contribution in [0.25, 0.3) is 0 Å². The van der Waals surface area contributed by atoms with E-state index in [0.29, 0.717) is 25.8 Å². The molecule has 0 aromatic carbocycles. The maximum absolute atomic E-state index is 12.5. The average Bonchev–Trinajstić information content (AvgIpc) is 2.38. The maximum atomic E-state index is 12.5. The molecule has 1 fully saturated rings. The summed E-state index contributed by atoms with van der Waals surface area (Å²) in [5, 5.41) is 18.1. The average molecular weight is 271 g/mol. The Morgan fingerprint density at radius 2 is 1.79 bits per heavy atom. The van der Waals surface area contributed by atoms with Crippen molar-refractivity contribution in [3.63, 3.8) is 0 Å². The van der Waals surface area contributed by atoms with Crippen LogP contribution in [0.3, 0.4) is 0 Å². The number of carboxylic acid groups (broad SMARTS) is 1. The zero-order chi connectivity index (χ0) is 14.4. The van der Waals surface area contributed by atoms with Crippen molar-refractivity contribution in [3.8, 4) is 0 Å². The molecule has 0 bridgehead atoms. The van der Waals surface area contributed by atoms with Gasteiger partial charge < -0.3 is 15.1 Å². The summed E-state index contributed by atoms with van der Waals surface area (Å²) >= 11 is 0. The van der Waals surface area contributed by atoms with Gasteiger partial charge in [0.1, 0.15) is 0 Å². The first-order valence-electron chi connectivity index (χ1n) is 7.13. The predicted octanol–water partition coefficient (Wildman–Crippen LogP) is 1.50. The fraction of sp³-hybridized carbons (Fsp3) is 0.857. The summed E-state index contributed by atoms with van der Waals surface area (Å²) in [6.07, 6.45) is 3.61. The lowest BCUT2D eigenvalue weighted by Gasteiger charge is -2.35. The van der Waals surface area contributed by atoms with Crippen molar-refractivity contribution in [1.82, 2.24) is 4.90 Å². The Hall–Kier alpha value is -1.10. The second-order valence-corrected chi connectivity index (χ2v) is 5.54. The molecule has 0 spiro atoms. The van der Waals surface area contributed by atoms with Crippen LogP contribution in [0.15, 0.2) is 0 Å². The summed E-state index contributed by atoms with van der Waals surface area (Å²) in [4.78, 5) is 25.5. The molecule has 19 heavy (non-hydrogen) atoms. The Morgan fingerprint density at radius 1 is 1.21 bits per heavy atom. The summed E-state index contributed by atoms with van der Waals surface area (Å²) in [6, 6.07) is 0.0374. The van der Waals surface area contributed by atoms with Gasteiger partial charge in [0.05, 0.1) is 11.8 Å². The Bertz CT molecular complexity index is 317. The monoisotopic (exact) mass is 271 g/mol. The third-order valence-corrected chi connectivity index (χ3v) is 3.86. The predicted molar refractivity (Wildman–Crippen MR) is 71.6 cm³/mol. The molecule has 0 aromatic heterocycles. The number of aliphatic carboxylic acids is 1. The molecular weight excluding hydrogens is 246 g/mol. The number of amides is 1. The Balaban J connectivity index is 2.78. The van der Waals surface area contributed by atoms with E-state index >= 15 is 0 Å². The lowest BCUT2D eigenvalue weighted by Crippen LogP contribution is -2.46. The van der Waals surface area contributed by atoms with Crippen molar-refractivity contribution in [3.05, 3.63) is 0 Å². The quantitative estimate of drug-likeness (QED) is 0.767. The van der Waals surface area contributed by atoms with Gasteiger partial charge in [-0.15, -0.1) is 0 Å². The molecule has 2 N–H and O–H groups in total. The fourth-order valence-electron chi connectivity index (χ4n) is 2.80. The van der Waals surface area contributed by atoms with Crippen LogP contribution in [-0.4, -0.2) is 46.2 Å². The number of carboxylic acids is 1. The van der Waals surface area contributed by atoms with Crippen LogP contribution in [0.4, 0.5) is 0 Å². The van der Waals surface area contributed by atoms with Crippen molar-refractivity contribution in [2.45, 2.75) is 52.0 Å². The van der Waals surface area contributed by atoms with Crippen molar-refractivity contribution < 1.29 is 19.8 Å². The Morgan fingerprint density at radius 3 is 2.26 bits per heavy atom. The molecular formula is C14H25NO4. The Labute approximate surface area is 114 Å². The van der Waals surface area contributed by atoms with Gasteiger partial charge in [-0.3, -0.25) is 9.59 Å². The number of carbonyl (C=O) groups excluding carboxylic acids is 1. The SMILES string of the molecule is CC(C)N(CCCO)C(=O)[C@@H]1CCCC[C@@H]1C(=O)O. The molecule has 0 aliphatic heterocycles. The number of rotatable bonds is 6. The zero-order valence-electron chi connectivity index (χ0n) is 11.8. The maximum Gasteiger partial charge on any atom is 0.307 e. The standard InChI is InChI=1S/C14H25NO4/c1-10(2)15(8-5-9-16)13(17)11-6-3-4-7-12(11)14(18)19/h10-12,16H,3-9H2,1-2H3,(H,18,19)/t11-,12+/m1/s1. The van der Waals surface area contributed by atoms with E-state index in [-0.39, 0.29) is 18.6 Å². The molecule has 110 valence electrons. The van der Waals surface area contributed by atoms with Gasteiger partial charge in [0.15, 0.2) is 0 Å². The molecule has 1 aliphatic rings. The first-order chi connectivity index (χ1) is 8.99. The number of carbonyl (C=O) groups is 2. The topological polar surface area (TPSA) is 77.8 Å². The summed E-state index contributed by atoms with van der Waals surface area (Å²) in [5.74, 6) is -1.86. The number of aliphatic hydroxyl groups is 1. The van der Waals surface area contributed by atoms with E-state index in [1.54, 1.807) is 4.90 Å². The van der Waals surface area contributed by atoms with E-state index in [1.807, 2.05) is 13.8 Å². The van der Waals surface area contributed by atoms with Gasteiger partial charge in [-0.1, -0.05) is 12.8 Å². The van der Waals surface area contributed by atoms with E-state index in [1.165, 1.54) is 0 Å². The molecule has 0 aromatic rings. The molecule has 1 aliphatic carbocycles. The number of hydrogen-bond donors (Lipinski definition) is 2. The second-order valence-electron chi connectivity index (χ2n) is 5.54. The minimum absolute atomic E-state index is 0.0374. The zero-order valence-corrected chi connectivity index (χ0v) is 11.8. The summed E-state index contributed by atoms with van der Waals surface area (Å²) in [7, 11) is 0. The van der Waals surface area contributed by atoms with Crippen molar-refractivity contribution >= 4 is 11.9 Å². The van der Waals surface area contributed by atoms with E-state index in [4.69, 9.17) is 5.11 Å². The van der Waals surface area contributed by atoms with E-state index in [0.717, 1.165) is 12.8 Å². The molecule has 2 atom stereocenters. The summed E-state index contributed by atoms with van der Waals surface area (Å²) < 4.78 is 0. The van der Waals surface area contributed by atoms with E-state index in [9.17, 15) is 14.7 Å². The highest BCUT2D eigenvalue weighted by molar-refractivity contribution is 5.85. The molecule has 0 unspecified atom stereocenters. The van der Waals surface area contributed by atoms with Crippen LogP contribution in [0, 0.1) is 11.8 Å². The molecule has 1 saturated carbocycles. The highest BCUT2D eigenvalue weighted by Gasteiger charge is 2.38. The lowest BCUT2D eigenvalue weighted by molar-refractivity contribution is -0.153. The lowest BCUT2D eigenvalue weighted by atomic mass is 9.78. The molecule has 1 amide bonds. The molecule has 1 rings (SSSR count). The first kappa shape index (κ1) is 16.0. The smallest absolute Gasteiger partial charge is 0.307 e. The van der Waals surface area contributed by atoms with E-state index < -0.39 is 17.8 Å². The minimum atomic E-state index is -0.857. The normalized spacial score (nSPS) is 23.4. The second kappa shape index (κ2) is 7.48. The van der Waals surface area contributed by atoms with Gasteiger partial charge in [-0.25, -0.2) is 0 Å². The van der Waals surface area contributed by atoms with Crippen molar-refractivity contribution in [1.29, 1.82) is 0 Å². The van der Waals surface area contributed by atoms with Gasteiger partial charge in [0.25, 0.3) is 0 Å². The molecule has 5 nitrogen and oxygen atoms in total. The highest BCUT2D eigenvalue weighted by atomic mass is 16.4. The molecule has 5 heteroatoms. The Kier molecular flexibility index (Phi) is 6.28. The third-order valence-electron chi connectivity index (χ3n) is 3.86. The van der Waals surface area contributed by atoms with Gasteiger partial charge >= 0.3 is 5.97 Å². The third kappa shape index (κ3) is 4.20. The fourth-order valence-corrected chi connectivity index (χ4v) is 2.80. The molecule has 0 saturated heterocycles. The van der Waals surface area contributed by atoms with Crippen molar-refractivity contribution in [2.24, 2.45) is 11.8 Å². The molecule has 0 heterocycles. The van der Waals surface area contributed by atoms with Crippen LogP contribution in [0.5, 0.6) is 0 Å². The van der Waals surface area contributed by atoms with Crippen molar-refractivity contribution in [2.75, 3.05) is 13.2 Å². The summed E-state index contributed by atoms with van der Waals surface area (Å²) in [5.41, 5.74) is 0. The number of aliphatic hydroxyl groups excluding tert-OH is 1. The van der Waals surface area contributed by atoms with Crippen LogP contribution in [0.2, 0.25) is 0 Å². The van der Waals surface area contributed by atoms with Crippen LogP contribution >= 0.6 is 0 Å². The van der Waals surface area contributed by atoms with Gasteiger partial charge in [0, 0.05) is 19.2 Å². The largest absolute Gasteiger partial charge is 0.481 e. The van der Waals surface area contributed by atoms with Crippen LogP contribution in [0.1, 0.15) is 46.0 Å². The highest BCUT2D eigenvalue weighted by Crippen LogP contribution is 2.32. The molecule has 0 radical (unpaired) electrons. The first-order valence-corrected chi connectivity index (χ1v) is 7.13. The summed E-state index contributed by atoms with van der Waals surface area (Å²) in [6.45, 7) is 4.39. The van der Waals surface area contributed by atoms with Gasteiger partial charge in [0.2, 0.25) is 5.91 Å². The van der Waals surface area contributed by atoms with E-state index in [2.05, 4.69) is 0 Å². The van der Waals surface area contributed by atoms with Crippen LogP contribution < -0.4 is 0 Å². The number of nitrogens with zero attached hydrogens (tertiary/aromatic N) is 1.